The Kier molecular flexibility index (Phi) is 11.8. The fraction of sp³-hybridized carbons (Fsp3) is 0.355. The summed E-state index contributed by atoms with van der Waals surface area (Å²) in [6.45, 7) is 8.29. The van der Waals surface area contributed by atoms with Crippen molar-refractivity contribution < 1.29 is 22.7 Å². The van der Waals surface area contributed by atoms with Gasteiger partial charge in [0.05, 0.1) is 17.2 Å². The van der Waals surface area contributed by atoms with Crippen LogP contribution in [0.1, 0.15) is 39.7 Å². The largest absolute Gasteiger partial charge is 0.494 e. The minimum atomic E-state index is -4.15. The Hall–Kier alpha value is -3.37. The van der Waals surface area contributed by atoms with Crippen molar-refractivity contribution in [3.63, 3.8) is 0 Å². The standard InChI is InChI=1S/C31H38BrN3O5S/c1-5-29(31(37)33-20-23(3)4)34(21-24-10-8-7-9-11-24)30(36)22-35(26-14-16-27(17-15-26)40-6-2)41(38,39)28-18-12-25(32)13-19-28/h7-19,23,29H,5-6,20-22H2,1-4H3,(H,33,37)/t29-/m0/s1. The first kappa shape index (κ1) is 32.1. The van der Waals surface area contributed by atoms with Gasteiger partial charge in [-0.3, -0.25) is 13.9 Å². The third kappa shape index (κ3) is 8.81. The van der Waals surface area contributed by atoms with Crippen LogP contribution < -0.4 is 14.4 Å². The molecule has 220 valence electrons. The zero-order valence-corrected chi connectivity index (χ0v) is 26.3. The van der Waals surface area contributed by atoms with E-state index >= 15 is 0 Å². The quantitative estimate of drug-likeness (QED) is 0.246. The molecule has 3 rings (SSSR count). The van der Waals surface area contributed by atoms with Crippen molar-refractivity contribution in [1.29, 1.82) is 0 Å². The third-order valence-electron chi connectivity index (χ3n) is 6.38. The van der Waals surface area contributed by atoms with Crippen LogP contribution in [0.3, 0.4) is 0 Å². The minimum absolute atomic E-state index is 0.0405. The molecule has 0 heterocycles. The second kappa shape index (κ2) is 15.0. The predicted octanol–water partition coefficient (Wildman–Crippen LogP) is 5.62. The molecule has 0 radical (unpaired) electrons. The molecule has 0 aliphatic rings. The molecule has 0 unspecified atom stereocenters. The van der Waals surface area contributed by atoms with E-state index in [0.717, 1.165) is 14.3 Å². The Morgan fingerprint density at radius 1 is 0.927 bits per heavy atom. The molecule has 8 nitrogen and oxygen atoms in total. The molecule has 2 amide bonds. The van der Waals surface area contributed by atoms with Gasteiger partial charge in [0.2, 0.25) is 11.8 Å². The number of ether oxygens (including phenoxy) is 1. The number of hydrogen-bond donors (Lipinski definition) is 1. The number of benzene rings is 3. The first-order valence-corrected chi connectivity index (χ1v) is 15.9. The molecule has 3 aromatic rings. The van der Waals surface area contributed by atoms with Gasteiger partial charge in [-0.15, -0.1) is 0 Å². The highest BCUT2D eigenvalue weighted by Crippen LogP contribution is 2.27. The van der Waals surface area contributed by atoms with Gasteiger partial charge in [-0.25, -0.2) is 8.42 Å². The Labute approximate surface area is 251 Å². The van der Waals surface area contributed by atoms with E-state index in [0.29, 0.717) is 31.0 Å². The summed E-state index contributed by atoms with van der Waals surface area (Å²) in [5.74, 6) is 0.0620. The topological polar surface area (TPSA) is 96.0 Å². The maximum atomic E-state index is 14.1. The molecule has 0 fully saturated rings. The first-order valence-electron chi connectivity index (χ1n) is 13.7. The van der Waals surface area contributed by atoms with E-state index in [9.17, 15) is 18.0 Å². The minimum Gasteiger partial charge on any atom is -0.494 e. The van der Waals surface area contributed by atoms with Gasteiger partial charge >= 0.3 is 0 Å². The van der Waals surface area contributed by atoms with Crippen LogP contribution in [0.15, 0.2) is 88.2 Å². The number of anilines is 1. The smallest absolute Gasteiger partial charge is 0.264 e. The molecule has 1 atom stereocenters. The fourth-order valence-electron chi connectivity index (χ4n) is 4.26. The Bertz CT molecular complexity index is 1380. The first-order chi connectivity index (χ1) is 19.6. The van der Waals surface area contributed by atoms with Gasteiger partial charge in [0.25, 0.3) is 10.0 Å². The lowest BCUT2D eigenvalue weighted by Crippen LogP contribution is -2.52. The van der Waals surface area contributed by atoms with E-state index in [1.54, 1.807) is 36.4 Å². The highest BCUT2D eigenvalue weighted by Gasteiger charge is 2.33. The van der Waals surface area contributed by atoms with Crippen molar-refractivity contribution >= 4 is 43.5 Å². The van der Waals surface area contributed by atoms with Gasteiger partial charge in [0, 0.05) is 17.6 Å². The lowest BCUT2D eigenvalue weighted by molar-refractivity contribution is -0.140. The molecule has 0 aliphatic heterocycles. The Morgan fingerprint density at radius 3 is 2.12 bits per heavy atom. The molecular weight excluding hydrogens is 606 g/mol. The average Bonchev–Trinajstić information content (AvgIpc) is 2.96. The zero-order valence-electron chi connectivity index (χ0n) is 23.9. The van der Waals surface area contributed by atoms with E-state index in [-0.39, 0.29) is 23.3 Å². The van der Waals surface area contributed by atoms with Gasteiger partial charge in [0.15, 0.2) is 0 Å². The molecule has 0 saturated carbocycles. The number of nitrogens with zero attached hydrogens (tertiary/aromatic N) is 2. The summed E-state index contributed by atoms with van der Waals surface area (Å²) in [5.41, 5.74) is 1.14. The number of amides is 2. The summed E-state index contributed by atoms with van der Waals surface area (Å²) in [6.07, 6.45) is 0.366. The number of halogens is 1. The molecule has 0 aromatic heterocycles. The number of carbonyl (C=O) groups excluding carboxylic acids is 2. The molecule has 3 aromatic carbocycles. The number of sulfonamides is 1. The maximum Gasteiger partial charge on any atom is 0.264 e. The second-order valence-corrected chi connectivity index (χ2v) is 12.7. The van der Waals surface area contributed by atoms with E-state index in [1.807, 2.05) is 58.0 Å². The van der Waals surface area contributed by atoms with Crippen LogP contribution in [0.5, 0.6) is 5.75 Å². The van der Waals surface area contributed by atoms with E-state index in [2.05, 4.69) is 21.2 Å². The van der Waals surface area contributed by atoms with Gasteiger partial charge in [0.1, 0.15) is 18.3 Å². The molecule has 0 bridgehead atoms. The van der Waals surface area contributed by atoms with Crippen molar-refractivity contribution in [2.45, 2.75) is 51.6 Å². The van der Waals surface area contributed by atoms with Crippen LogP contribution in [-0.2, 0) is 26.2 Å². The lowest BCUT2D eigenvalue weighted by atomic mass is 10.1. The second-order valence-electron chi connectivity index (χ2n) is 9.96. The highest BCUT2D eigenvalue weighted by molar-refractivity contribution is 9.10. The summed E-state index contributed by atoms with van der Waals surface area (Å²) < 4.78 is 35.2. The van der Waals surface area contributed by atoms with Crippen LogP contribution in [0.25, 0.3) is 0 Å². The monoisotopic (exact) mass is 643 g/mol. The van der Waals surface area contributed by atoms with Crippen LogP contribution in [0.2, 0.25) is 0 Å². The van der Waals surface area contributed by atoms with Crippen LogP contribution >= 0.6 is 15.9 Å². The zero-order chi connectivity index (χ0) is 30.0. The van der Waals surface area contributed by atoms with E-state index < -0.39 is 28.5 Å². The molecule has 0 saturated heterocycles. The van der Waals surface area contributed by atoms with Crippen LogP contribution in [0.4, 0.5) is 5.69 Å². The molecule has 41 heavy (non-hydrogen) atoms. The van der Waals surface area contributed by atoms with Gasteiger partial charge in [-0.1, -0.05) is 67.0 Å². The van der Waals surface area contributed by atoms with Crippen LogP contribution in [-0.4, -0.2) is 50.9 Å². The van der Waals surface area contributed by atoms with Crippen molar-refractivity contribution in [1.82, 2.24) is 10.2 Å². The number of nitrogens with one attached hydrogen (secondary N) is 1. The molecule has 1 N–H and O–H groups in total. The lowest BCUT2D eigenvalue weighted by Gasteiger charge is -2.33. The van der Waals surface area contributed by atoms with Crippen molar-refractivity contribution in [2.24, 2.45) is 5.92 Å². The van der Waals surface area contributed by atoms with Crippen molar-refractivity contribution in [2.75, 3.05) is 24.0 Å². The summed E-state index contributed by atoms with van der Waals surface area (Å²) >= 11 is 3.35. The number of hydrogen-bond acceptors (Lipinski definition) is 5. The summed E-state index contributed by atoms with van der Waals surface area (Å²) in [4.78, 5) is 28.9. The van der Waals surface area contributed by atoms with Crippen molar-refractivity contribution in [3.8, 4) is 5.75 Å². The Balaban J connectivity index is 2.03. The molecule has 10 heteroatoms. The van der Waals surface area contributed by atoms with Gasteiger partial charge in [-0.05, 0) is 73.4 Å². The maximum absolute atomic E-state index is 14.1. The fourth-order valence-corrected chi connectivity index (χ4v) is 5.94. The van der Waals surface area contributed by atoms with E-state index in [4.69, 9.17) is 4.74 Å². The summed E-state index contributed by atoms with van der Waals surface area (Å²) in [5, 5.41) is 2.94. The predicted molar refractivity (Wildman–Crippen MR) is 165 cm³/mol. The highest BCUT2D eigenvalue weighted by atomic mass is 79.9. The third-order valence-corrected chi connectivity index (χ3v) is 8.70. The Morgan fingerprint density at radius 2 is 1.56 bits per heavy atom. The van der Waals surface area contributed by atoms with Crippen LogP contribution in [0, 0.1) is 5.92 Å². The number of carbonyl (C=O) groups is 2. The summed E-state index contributed by atoms with van der Waals surface area (Å²) in [6, 6.07) is 21.4. The normalized spacial score (nSPS) is 12.0. The summed E-state index contributed by atoms with van der Waals surface area (Å²) in [7, 11) is -4.15. The molecular formula is C31H38BrN3O5S. The number of rotatable bonds is 14. The van der Waals surface area contributed by atoms with Crippen molar-refractivity contribution in [3.05, 3.63) is 88.9 Å². The molecule has 0 spiro atoms. The van der Waals surface area contributed by atoms with Gasteiger partial charge < -0.3 is 15.0 Å². The van der Waals surface area contributed by atoms with Gasteiger partial charge in [-0.2, -0.15) is 0 Å². The van der Waals surface area contributed by atoms with E-state index in [1.165, 1.54) is 17.0 Å². The SMILES string of the molecule is CCOc1ccc(N(CC(=O)N(Cc2ccccc2)[C@@H](CC)C(=O)NCC(C)C)S(=O)(=O)c2ccc(Br)cc2)cc1. The molecule has 0 aliphatic carbocycles. The average molecular weight is 645 g/mol.